The number of aromatic nitrogens is 2. The van der Waals surface area contributed by atoms with Crippen molar-refractivity contribution >= 4 is 39.3 Å². The second-order valence-electron chi connectivity index (χ2n) is 6.17. The predicted molar refractivity (Wildman–Crippen MR) is 109 cm³/mol. The second kappa shape index (κ2) is 8.87. The molecule has 152 valence electrons. The number of methoxy groups -OCH3 is 1. The SMILES string of the molecule is CCOC(=O)c1sc2nc(COC(=O)Cc3ccc(OC)cc3)nc(N)c2c1C. The molecule has 0 aliphatic carbocycles. The van der Waals surface area contributed by atoms with Crippen molar-refractivity contribution in [2.75, 3.05) is 19.5 Å². The van der Waals surface area contributed by atoms with Gasteiger partial charge in [0.1, 0.15) is 21.3 Å². The molecule has 0 spiro atoms. The number of aryl methyl sites for hydroxylation is 1. The summed E-state index contributed by atoms with van der Waals surface area (Å²) >= 11 is 1.18. The molecule has 1 aromatic carbocycles. The van der Waals surface area contributed by atoms with E-state index in [9.17, 15) is 9.59 Å². The van der Waals surface area contributed by atoms with E-state index in [-0.39, 0.29) is 31.3 Å². The first-order valence-electron chi connectivity index (χ1n) is 8.94. The first kappa shape index (κ1) is 20.5. The molecular formula is C20H21N3O5S. The number of nitrogens with two attached hydrogens (primary N) is 1. The van der Waals surface area contributed by atoms with Crippen molar-refractivity contribution < 1.29 is 23.8 Å². The summed E-state index contributed by atoms with van der Waals surface area (Å²) in [7, 11) is 1.58. The van der Waals surface area contributed by atoms with Crippen molar-refractivity contribution in [3.05, 3.63) is 46.1 Å². The Bertz CT molecular complexity index is 1050. The number of carbonyl (C=O) groups excluding carboxylic acids is 2. The van der Waals surface area contributed by atoms with E-state index < -0.39 is 11.9 Å². The Morgan fingerprint density at radius 2 is 1.86 bits per heavy atom. The van der Waals surface area contributed by atoms with Gasteiger partial charge < -0.3 is 19.9 Å². The predicted octanol–water partition coefficient (Wildman–Crippen LogP) is 3.05. The molecule has 0 aliphatic heterocycles. The lowest BCUT2D eigenvalue weighted by Crippen LogP contribution is -2.10. The fraction of sp³-hybridized carbons (Fsp3) is 0.300. The molecule has 29 heavy (non-hydrogen) atoms. The number of fused-ring (bicyclic) bond motifs is 1. The van der Waals surface area contributed by atoms with Crippen LogP contribution >= 0.6 is 11.3 Å². The van der Waals surface area contributed by atoms with E-state index in [1.54, 1.807) is 45.2 Å². The zero-order chi connectivity index (χ0) is 21.0. The molecule has 2 heterocycles. The minimum atomic E-state index is -0.417. The van der Waals surface area contributed by atoms with Gasteiger partial charge in [-0.15, -0.1) is 11.3 Å². The second-order valence-corrected chi connectivity index (χ2v) is 7.17. The van der Waals surface area contributed by atoms with Crippen LogP contribution in [0.4, 0.5) is 5.82 Å². The number of carbonyl (C=O) groups is 2. The van der Waals surface area contributed by atoms with E-state index in [0.717, 1.165) is 5.56 Å². The first-order valence-corrected chi connectivity index (χ1v) is 9.75. The van der Waals surface area contributed by atoms with Gasteiger partial charge in [-0.1, -0.05) is 12.1 Å². The summed E-state index contributed by atoms with van der Waals surface area (Å²) in [5.74, 6) is 0.398. The lowest BCUT2D eigenvalue weighted by molar-refractivity contribution is -0.144. The van der Waals surface area contributed by atoms with Crippen molar-refractivity contribution in [1.82, 2.24) is 9.97 Å². The molecule has 0 aliphatic rings. The van der Waals surface area contributed by atoms with Gasteiger partial charge in [0, 0.05) is 0 Å². The van der Waals surface area contributed by atoms with Crippen LogP contribution in [0, 0.1) is 6.92 Å². The summed E-state index contributed by atoms with van der Waals surface area (Å²) in [5.41, 5.74) is 7.54. The van der Waals surface area contributed by atoms with Crippen LogP contribution in [0.2, 0.25) is 0 Å². The van der Waals surface area contributed by atoms with E-state index in [0.29, 0.717) is 26.4 Å². The fourth-order valence-electron chi connectivity index (χ4n) is 2.78. The average molecular weight is 415 g/mol. The van der Waals surface area contributed by atoms with Crippen LogP contribution in [-0.4, -0.2) is 35.6 Å². The Kier molecular flexibility index (Phi) is 6.28. The highest BCUT2D eigenvalue weighted by molar-refractivity contribution is 7.20. The number of hydrogen-bond donors (Lipinski definition) is 1. The maximum absolute atomic E-state index is 12.1. The molecule has 0 unspecified atom stereocenters. The number of ether oxygens (including phenoxy) is 3. The third-order valence-electron chi connectivity index (χ3n) is 4.20. The quantitative estimate of drug-likeness (QED) is 0.586. The third kappa shape index (κ3) is 4.62. The van der Waals surface area contributed by atoms with Gasteiger partial charge >= 0.3 is 11.9 Å². The molecule has 0 saturated carbocycles. The number of nitrogens with zero attached hydrogens (tertiary/aromatic N) is 2. The molecule has 3 aromatic rings. The van der Waals surface area contributed by atoms with Gasteiger partial charge in [-0.3, -0.25) is 4.79 Å². The summed E-state index contributed by atoms with van der Waals surface area (Å²) in [4.78, 5) is 33.8. The van der Waals surface area contributed by atoms with Crippen LogP contribution in [0.1, 0.15) is 33.5 Å². The van der Waals surface area contributed by atoms with Gasteiger partial charge in [-0.05, 0) is 37.1 Å². The molecule has 0 radical (unpaired) electrons. The van der Waals surface area contributed by atoms with Crippen molar-refractivity contribution in [1.29, 1.82) is 0 Å². The minimum absolute atomic E-state index is 0.110. The Balaban J connectivity index is 1.71. The smallest absolute Gasteiger partial charge is 0.348 e. The number of hydrogen-bond acceptors (Lipinski definition) is 9. The van der Waals surface area contributed by atoms with Gasteiger partial charge in [-0.25, -0.2) is 14.8 Å². The van der Waals surface area contributed by atoms with E-state index in [1.807, 2.05) is 0 Å². The van der Waals surface area contributed by atoms with Crippen LogP contribution < -0.4 is 10.5 Å². The zero-order valence-corrected chi connectivity index (χ0v) is 17.2. The molecular weight excluding hydrogens is 394 g/mol. The normalized spacial score (nSPS) is 10.7. The number of esters is 2. The van der Waals surface area contributed by atoms with Gasteiger partial charge in [0.15, 0.2) is 12.4 Å². The Morgan fingerprint density at radius 1 is 1.14 bits per heavy atom. The lowest BCUT2D eigenvalue weighted by atomic mass is 10.1. The van der Waals surface area contributed by atoms with Crippen LogP contribution in [0.3, 0.4) is 0 Å². The minimum Gasteiger partial charge on any atom is -0.497 e. The molecule has 0 fully saturated rings. The highest BCUT2D eigenvalue weighted by atomic mass is 32.1. The molecule has 0 saturated heterocycles. The Hall–Kier alpha value is -3.20. The molecule has 0 bridgehead atoms. The van der Waals surface area contributed by atoms with Gasteiger partial charge in [-0.2, -0.15) is 0 Å². The fourth-order valence-corrected chi connectivity index (χ4v) is 3.88. The van der Waals surface area contributed by atoms with Gasteiger partial charge in [0.05, 0.1) is 25.5 Å². The van der Waals surface area contributed by atoms with Gasteiger partial charge in [0.25, 0.3) is 0 Å². The van der Waals surface area contributed by atoms with Crippen LogP contribution in [-0.2, 0) is 27.3 Å². The highest BCUT2D eigenvalue weighted by Gasteiger charge is 2.20. The maximum atomic E-state index is 12.1. The summed E-state index contributed by atoms with van der Waals surface area (Å²) in [6.07, 6.45) is 0.118. The number of anilines is 1. The first-order chi connectivity index (χ1) is 13.9. The molecule has 0 atom stereocenters. The summed E-state index contributed by atoms with van der Waals surface area (Å²) in [6.45, 7) is 3.69. The standard InChI is InChI=1S/C20H21N3O5S/c1-4-27-20(25)17-11(2)16-18(21)22-14(23-19(16)29-17)10-28-15(24)9-12-5-7-13(26-3)8-6-12/h5-8H,4,9-10H2,1-3H3,(H2,21,22,23). The van der Waals surface area contributed by atoms with Gasteiger partial charge in [0.2, 0.25) is 0 Å². The van der Waals surface area contributed by atoms with Crippen LogP contribution in [0.5, 0.6) is 5.75 Å². The Morgan fingerprint density at radius 3 is 2.52 bits per heavy atom. The van der Waals surface area contributed by atoms with Crippen LogP contribution in [0.25, 0.3) is 10.2 Å². The zero-order valence-electron chi connectivity index (χ0n) is 16.4. The summed E-state index contributed by atoms with van der Waals surface area (Å²) in [5, 5.41) is 0.617. The number of rotatable bonds is 7. The van der Waals surface area contributed by atoms with Crippen LogP contribution in [0.15, 0.2) is 24.3 Å². The van der Waals surface area contributed by atoms with E-state index in [1.165, 1.54) is 11.3 Å². The maximum Gasteiger partial charge on any atom is 0.348 e. The number of thiophene rings is 1. The molecule has 0 amide bonds. The van der Waals surface area contributed by atoms with Crippen molar-refractivity contribution in [2.24, 2.45) is 0 Å². The Labute approximate surface area is 171 Å². The van der Waals surface area contributed by atoms with E-state index in [4.69, 9.17) is 19.9 Å². The third-order valence-corrected chi connectivity index (χ3v) is 5.36. The highest BCUT2D eigenvalue weighted by Crippen LogP contribution is 2.33. The molecule has 2 aromatic heterocycles. The number of nitrogen functional groups attached to an aromatic ring is 1. The summed E-state index contributed by atoms with van der Waals surface area (Å²) in [6, 6.07) is 7.15. The largest absolute Gasteiger partial charge is 0.497 e. The molecule has 8 nitrogen and oxygen atoms in total. The topological polar surface area (TPSA) is 114 Å². The lowest BCUT2D eigenvalue weighted by Gasteiger charge is -2.06. The van der Waals surface area contributed by atoms with Crippen molar-refractivity contribution in [3.63, 3.8) is 0 Å². The van der Waals surface area contributed by atoms with Crippen molar-refractivity contribution in [3.8, 4) is 5.75 Å². The molecule has 2 N–H and O–H groups in total. The average Bonchev–Trinajstić information content (AvgIpc) is 3.04. The molecule has 9 heteroatoms. The molecule has 3 rings (SSSR count). The van der Waals surface area contributed by atoms with E-state index >= 15 is 0 Å². The number of benzene rings is 1. The van der Waals surface area contributed by atoms with E-state index in [2.05, 4.69) is 9.97 Å². The van der Waals surface area contributed by atoms with Crippen molar-refractivity contribution in [2.45, 2.75) is 26.9 Å². The monoisotopic (exact) mass is 415 g/mol. The summed E-state index contributed by atoms with van der Waals surface area (Å²) < 4.78 is 15.4.